The Morgan fingerprint density at radius 3 is 2.35 bits per heavy atom. The van der Waals surface area contributed by atoms with E-state index in [0.717, 1.165) is 5.69 Å². The molecule has 138 valence electrons. The van der Waals surface area contributed by atoms with Crippen molar-refractivity contribution in [2.75, 3.05) is 41.1 Å². The lowest BCUT2D eigenvalue weighted by molar-refractivity contribution is 0.102. The van der Waals surface area contributed by atoms with E-state index in [4.69, 9.17) is 0 Å². The van der Waals surface area contributed by atoms with Gasteiger partial charge in [-0.25, -0.2) is 13.4 Å². The van der Waals surface area contributed by atoms with Crippen LogP contribution in [0.15, 0.2) is 42.6 Å². The fourth-order valence-electron chi connectivity index (χ4n) is 2.80. The monoisotopic (exact) mass is 374 g/mol. The van der Waals surface area contributed by atoms with Gasteiger partial charge in [0, 0.05) is 31.5 Å². The van der Waals surface area contributed by atoms with Gasteiger partial charge in [0.2, 0.25) is 0 Å². The van der Waals surface area contributed by atoms with Crippen molar-refractivity contribution < 1.29 is 13.2 Å². The molecule has 1 aromatic heterocycles. The predicted octanol–water partition coefficient (Wildman–Crippen LogP) is 2.00. The van der Waals surface area contributed by atoms with Gasteiger partial charge in [-0.2, -0.15) is 0 Å². The molecule has 0 spiro atoms. The second-order valence-electron chi connectivity index (χ2n) is 6.57. The van der Waals surface area contributed by atoms with Crippen molar-refractivity contribution in [3.63, 3.8) is 0 Å². The lowest BCUT2D eigenvalue weighted by Gasteiger charge is -2.13. The number of nitrogens with one attached hydrogen (secondary N) is 2. The average Bonchev–Trinajstić information content (AvgIpc) is 2.94. The van der Waals surface area contributed by atoms with Crippen molar-refractivity contribution in [2.24, 2.45) is 0 Å². The Kier molecular flexibility index (Phi) is 5.13. The summed E-state index contributed by atoms with van der Waals surface area (Å²) in [5.74, 6) is 0.0567. The number of benzene rings is 1. The number of hydrogen-bond acceptors (Lipinski definition) is 6. The minimum absolute atomic E-state index is 0.100. The van der Waals surface area contributed by atoms with Crippen molar-refractivity contribution in [1.29, 1.82) is 0 Å². The lowest BCUT2D eigenvalue weighted by atomic mass is 10.2. The molecule has 26 heavy (non-hydrogen) atoms. The van der Waals surface area contributed by atoms with E-state index in [1.165, 1.54) is 0 Å². The average molecular weight is 374 g/mol. The van der Waals surface area contributed by atoms with Gasteiger partial charge in [-0.15, -0.1) is 0 Å². The second kappa shape index (κ2) is 7.33. The van der Waals surface area contributed by atoms with Crippen LogP contribution in [-0.4, -0.2) is 51.0 Å². The van der Waals surface area contributed by atoms with Gasteiger partial charge < -0.3 is 15.5 Å². The second-order valence-corrected chi connectivity index (χ2v) is 8.80. The summed E-state index contributed by atoms with van der Waals surface area (Å²) in [4.78, 5) is 18.4. The quantitative estimate of drug-likeness (QED) is 0.832. The first-order valence-electron chi connectivity index (χ1n) is 8.34. The topological polar surface area (TPSA) is 91.4 Å². The van der Waals surface area contributed by atoms with Crippen LogP contribution in [0.1, 0.15) is 16.9 Å². The molecular weight excluding hydrogens is 352 g/mol. The molecule has 2 aromatic rings. The Balaban J connectivity index is 1.60. The van der Waals surface area contributed by atoms with Gasteiger partial charge in [-0.1, -0.05) is 0 Å². The van der Waals surface area contributed by atoms with Gasteiger partial charge in [0.05, 0.1) is 23.4 Å². The minimum atomic E-state index is -2.93. The lowest BCUT2D eigenvalue weighted by Crippen LogP contribution is -2.21. The van der Waals surface area contributed by atoms with Crippen LogP contribution in [0.3, 0.4) is 0 Å². The number of carbonyl (C=O) groups excluding carboxylic acids is 1. The van der Waals surface area contributed by atoms with Gasteiger partial charge in [-0.3, -0.25) is 4.79 Å². The van der Waals surface area contributed by atoms with E-state index < -0.39 is 9.84 Å². The van der Waals surface area contributed by atoms with Crippen LogP contribution >= 0.6 is 0 Å². The first kappa shape index (κ1) is 18.2. The van der Waals surface area contributed by atoms with E-state index in [-0.39, 0.29) is 23.5 Å². The Morgan fingerprint density at radius 1 is 1.12 bits per heavy atom. The van der Waals surface area contributed by atoms with Gasteiger partial charge in [0.15, 0.2) is 9.84 Å². The number of pyridine rings is 1. The SMILES string of the molecule is CN(C)c1ccc(NC(=O)c2ccc(NC3CCS(=O)(=O)C3)cn2)cc1. The summed E-state index contributed by atoms with van der Waals surface area (Å²) in [5.41, 5.74) is 2.75. The Hall–Kier alpha value is -2.61. The Bertz CT molecular complexity index is 878. The zero-order chi connectivity index (χ0) is 18.7. The van der Waals surface area contributed by atoms with E-state index in [9.17, 15) is 13.2 Å². The van der Waals surface area contributed by atoms with Crippen molar-refractivity contribution in [2.45, 2.75) is 12.5 Å². The number of nitrogens with zero attached hydrogens (tertiary/aromatic N) is 2. The molecular formula is C18H22N4O3S. The molecule has 1 saturated heterocycles. The molecule has 2 N–H and O–H groups in total. The van der Waals surface area contributed by atoms with E-state index in [1.54, 1.807) is 18.3 Å². The summed E-state index contributed by atoms with van der Waals surface area (Å²) in [6, 6.07) is 10.8. The minimum Gasteiger partial charge on any atom is -0.380 e. The van der Waals surface area contributed by atoms with Crippen LogP contribution in [0.2, 0.25) is 0 Å². The van der Waals surface area contributed by atoms with E-state index >= 15 is 0 Å². The van der Waals surface area contributed by atoms with Crippen LogP contribution in [0.25, 0.3) is 0 Å². The number of carbonyl (C=O) groups is 1. The summed E-state index contributed by atoms with van der Waals surface area (Å²) in [6.45, 7) is 0. The number of sulfone groups is 1. The van der Waals surface area contributed by atoms with Crippen molar-refractivity contribution in [3.05, 3.63) is 48.3 Å². The molecule has 2 heterocycles. The summed E-state index contributed by atoms with van der Waals surface area (Å²) in [5, 5.41) is 5.96. The Labute approximate surface area is 153 Å². The van der Waals surface area contributed by atoms with E-state index in [2.05, 4.69) is 15.6 Å². The zero-order valence-electron chi connectivity index (χ0n) is 14.8. The van der Waals surface area contributed by atoms with Crippen molar-refractivity contribution in [1.82, 2.24) is 4.98 Å². The summed E-state index contributed by atoms with van der Waals surface area (Å²) >= 11 is 0. The van der Waals surface area contributed by atoms with Crippen LogP contribution in [0, 0.1) is 0 Å². The molecule has 7 nitrogen and oxygen atoms in total. The van der Waals surface area contributed by atoms with E-state index in [1.807, 2.05) is 43.3 Å². The highest BCUT2D eigenvalue weighted by atomic mass is 32.2. The molecule has 0 saturated carbocycles. The highest BCUT2D eigenvalue weighted by Crippen LogP contribution is 2.18. The maximum Gasteiger partial charge on any atom is 0.274 e. The number of anilines is 3. The summed E-state index contributed by atoms with van der Waals surface area (Å²) in [6.07, 6.45) is 2.14. The smallest absolute Gasteiger partial charge is 0.274 e. The highest BCUT2D eigenvalue weighted by molar-refractivity contribution is 7.91. The van der Waals surface area contributed by atoms with Crippen LogP contribution < -0.4 is 15.5 Å². The highest BCUT2D eigenvalue weighted by Gasteiger charge is 2.27. The van der Waals surface area contributed by atoms with Crippen LogP contribution in [0.4, 0.5) is 17.1 Å². The van der Waals surface area contributed by atoms with Crippen molar-refractivity contribution >= 4 is 32.8 Å². The van der Waals surface area contributed by atoms with Gasteiger partial charge in [0.25, 0.3) is 5.91 Å². The van der Waals surface area contributed by atoms with Crippen molar-refractivity contribution in [3.8, 4) is 0 Å². The fraction of sp³-hybridized carbons (Fsp3) is 0.333. The molecule has 0 radical (unpaired) electrons. The summed E-state index contributed by atoms with van der Waals surface area (Å²) in [7, 11) is 0.975. The third-order valence-electron chi connectivity index (χ3n) is 4.24. The molecule has 1 fully saturated rings. The summed E-state index contributed by atoms with van der Waals surface area (Å²) < 4.78 is 23.0. The van der Waals surface area contributed by atoms with Gasteiger partial charge in [0.1, 0.15) is 5.69 Å². The zero-order valence-corrected chi connectivity index (χ0v) is 15.6. The number of rotatable bonds is 5. The molecule has 8 heteroatoms. The molecule has 0 bridgehead atoms. The first-order valence-corrected chi connectivity index (χ1v) is 10.2. The number of amides is 1. The molecule has 1 unspecified atom stereocenters. The largest absolute Gasteiger partial charge is 0.380 e. The molecule has 1 aliphatic heterocycles. The van der Waals surface area contributed by atoms with Gasteiger partial charge in [-0.05, 0) is 42.8 Å². The fourth-order valence-corrected chi connectivity index (χ4v) is 4.47. The first-order chi connectivity index (χ1) is 12.3. The predicted molar refractivity (Wildman–Crippen MR) is 104 cm³/mol. The molecule has 1 aliphatic rings. The molecule has 1 amide bonds. The molecule has 0 aliphatic carbocycles. The van der Waals surface area contributed by atoms with Gasteiger partial charge >= 0.3 is 0 Å². The third kappa shape index (κ3) is 4.51. The maximum atomic E-state index is 12.3. The van der Waals surface area contributed by atoms with Crippen LogP contribution in [-0.2, 0) is 9.84 Å². The number of hydrogen-bond donors (Lipinski definition) is 2. The molecule has 3 rings (SSSR count). The standard InChI is InChI=1S/C18H22N4O3S/c1-22(2)16-6-3-13(4-7-16)21-18(23)17-8-5-14(11-19-17)20-15-9-10-26(24,25)12-15/h3-8,11,15,20H,9-10,12H2,1-2H3,(H,21,23). The van der Waals surface area contributed by atoms with Crippen LogP contribution in [0.5, 0.6) is 0 Å². The normalized spacial score (nSPS) is 18.3. The molecule has 1 atom stereocenters. The number of aromatic nitrogens is 1. The third-order valence-corrected chi connectivity index (χ3v) is 6.01. The maximum absolute atomic E-state index is 12.3. The molecule has 1 aromatic carbocycles. The van der Waals surface area contributed by atoms with E-state index in [0.29, 0.717) is 23.5 Å². The Morgan fingerprint density at radius 2 is 1.81 bits per heavy atom.